The van der Waals surface area contributed by atoms with Gasteiger partial charge in [-0.05, 0) is 42.0 Å². The summed E-state index contributed by atoms with van der Waals surface area (Å²) in [5, 5.41) is 0. The summed E-state index contributed by atoms with van der Waals surface area (Å²) in [6.45, 7) is 0. The average molecular weight is 558 g/mol. The van der Waals surface area contributed by atoms with E-state index in [4.69, 9.17) is 0 Å². The van der Waals surface area contributed by atoms with Crippen LogP contribution in [0.15, 0.2) is 42.5 Å². The Morgan fingerprint density at radius 3 is 2.29 bits per heavy atom. The second kappa shape index (κ2) is 7.06. The largest absolute Gasteiger partial charge is 0.573 e. The molecular formula is C16H11F3I2N2O. The molecule has 0 radical (unpaired) electrons. The fourth-order valence-electron chi connectivity index (χ4n) is 2.43. The smallest absolute Gasteiger partial charge is 0.406 e. The molecule has 3 rings (SSSR count). The lowest BCUT2D eigenvalue weighted by atomic mass is 10.2. The van der Waals surface area contributed by atoms with Gasteiger partial charge in [-0.3, -0.25) is 4.57 Å². The van der Waals surface area contributed by atoms with E-state index in [2.05, 4.69) is 61.0 Å². The highest BCUT2D eigenvalue weighted by Gasteiger charge is 2.31. The fraction of sp³-hybridized carbons (Fsp3) is 0.188. The van der Waals surface area contributed by atoms with Crippen molar-refractivity contribution < 1.29 is 17.9 Å². The molecule has 1 heterocycles. The summed E-state index contributed by atoms with van der Waals surface area (Å²) in [5.74, 6) is 0.611. The normalized spacial score (nSPS) is 11.9. The average Bonchev–Trinajstić information content (AvgIpc) is 2.91. The Bertz CT molecular complexity index is 860. The molecule has 0 bridgehead atoms. The molecule has 0 aliphatic heterocycles. The molecule has 0 atom stereocenters. The van der Waals surface area contributed by atoms with Crippen LogP contribution in [0.5, 0.6) is 5.75 Å². The lowest BCUT2D eigenvalue weighted by Crippen LogP contribution is -2.17. The Morgan fingerprint density at radius 1 is 1.00 bits per heavy atom. The third-order valence-electron chi connectivity index (χ3n) is 3.39. The number of nitrogens with zero attached hydrogens (tertiary/aromatic N) is 2. The maximum atomic E-state index is 12.3. The molecule has 126 valence electrons. The number of rotatable bonds is 4. The van der Waals surface area contributed by atoms with Crippen LogP contribution in [0.2, 0.25) is 0 Å². The SMILES string of the molecule is FC(F)(F)Oc1ccc(-n2c(CI)nc3ccc(CI)cc32)cc1. The number of halogens is 5. The quantitative estimate of drug-likeness (QED) is 0.300. The number of imidazole rings is 1. The van der Waals surface area contributed by atoms with Crippen LogP contribution in [0.25, 0.3) is 16.7 Å². The first kappa shape index (κ1) is 17.8. The first-order valence-corrected chi connectivity index (χ1v) is 9.95. The molecule has 0 spiro atoms. The van der Waals surface area contributed by atoms with E-state index in [-0.39, 0.29) is 5.75 Å². The molecule has 0 N–H and O–H groups in total. The predicted octanol–water partition coefficient (Wildman–Crippen LogP) is 5.79. The van der Waals surface area contributed by atoms with E-state index in [0.717, 1.165) is 27.0 Å². The molecule has 0 fully saturated rings. The summed E-state index contributed by atoms with van der Waals surface area (Å²) in [7, 11) is 0. The number of fused-ring (bicyclic) bond motifs is 1. The summed E-state index contributed by atoms with van der Waals surface area (Å²) < 4.78 is 44.3. The van der Waals surface area contributed by atoms with Crippen LogP contribution >= 0.6 is 45.2 Å². The van der Waals surface area contributed by atoms with Gasteiger partial charge in [0.1, 0.15) is 11.6 Å². The number of alkyl halides is 5. The third kappa shape index (κ3) is 3.79. The van der Waals surface area contributed by atoms with Crippen LogP contribution in [0.1, 0.15) is 11.4 Å². The second-order valence-electron chi connectivity index (χ2n) is 5.00. The molecule has 3 nitrogen and oxygen atoms in total. The second-order valence-corrected chi connectivity index (χ2v) is 6.52. The molecule has 0 saturated heterocycles. The molecule has 0 amide bonds. The Morgan fingerprint density at radius 2 is 1.71 bits per heavy atom. The van der Waals surface area contributed by atoms with Crippen molar-refractivity contribution in [3.05, 3.63) is 53.9 Å². The molecule has 2 aromatic carbocycles. The van der Waals surface area contributed by atoms with Gasteiger partial charge >= 0.3 is 6.36 Å². The minimum absolute atomic E-state index is 0.236. The van der Waals surface area contributed by atoms with Crippen molar-refractivity contribution in [2.24, 2.45) is 0 Å². The van der Waals surface area contributed by atoms with Crippen molar-refractivity contribution in [3.8, 4) is 11.4 Å². The van der Waals surface area contributed by atoms with E-state index in [1.54, 1.807) is 12.1 Å². The van der Waals surface area contributed by atoms with E-state index < -0.39 is 6.36 Å². The van der Waals surface area contributed by atoms with Gasteiger partial charge < -0.3 is 4.74 Å². The molecule has 1 aromatic heterocycles. The monoisotopic (exact) mass is 558 g/mol. The Balaban J connectivity index is 2.07. The van der Waals surface area contributed by atoms with Gasteiger partial charge in [0.15, 0.2) is 0 Å². The zero-order valence-electron chi connectivity index (χ0n) is 12.1. The van der Waals surface area contributed by atoms with Crippen molar-refractivity contribution >= 4 is 56.2 Å². The van der Waals surface area contributed by atoms with Crippen LogP contribution in [-0.2, 0) is 8.86 Å². The predicted molar refractivity (Wildman–Crippen MR) is 103 cm³/mol. The van der Waals surface area contributed by atoms with Crippen LogP contribution in [-0.4, -0.2) is 15.9 Å². The summed E-state index contributed by atoms with van der Waals surface area (Å²) in [6.07, 6.45) is -4.69. The van der Waals surface area contributed by atoms with Crippen molar-refractivity contribution in [1.29, 1.82) is 0 Å². The highest BCUT2D eigenvalue weighted by atomic mass is 127. The zero-order chi connectivity index (χ0) is 17.3. The van der Waals surface area contributed by atoms with Crippen molar-refractivity contribution in [3.63, 3.8) is 0 Å². The van der Waals surface area contributed by atoms with Crippen molar-refractivity contribution in [2.45, 2.75) is 15.2 Å². The van der Waals surface area contributed by atoms with Gasteiger partial charge in [0.2, 0.25) is 0 Å². The molecule has 0 aliphatic carbocycles. The minimum atomic E-state index is -4.69. The van der Waals surface area contributed by atoms with Gasteiger partial charge in [0.05, 0.1) is 15.5 Å². The molecular weight excluding hydrogens is 547 g/mol. The summed E-state index contributed by atoms with van der Waals surface area (Å²) >= 11 is 4.52. The van der Waals surface area contributed by atoms with Crippen molar-refractivity contribution in [2.75, 3.05) is 0 Å². The Kier molecular flexibility index (Phi) is 5.23. The Labute approximate surface area is 163 Å². The first-order valence-electron chi connectivity index (χ1n) is 6.89. The van der Waals surface area contributed by atoms with Gasteiger partial charge in [-0.1, -0.05) is 51.2 Å². The molecule has 0 unspecified atom stereocenters. The highest BCUT2D eigenvalue weighted by Crippen LogP contribution is 2.28. The number of ether oxygens (including phenoxy) is 1. The van der Waals surface area contributed by atoms with Crippen molar-refractivity contribution in [1.82, 2.24) is 9.55 Å². The summed E-state index contributed by atoms with van der Waals surface area (Å²) in [5.41, 5.74) is 3.73. The van der Waals surface area contributed by atoms with Crippen LogP contribution in [0.3, 0.4) is 0 Å². The maximum Gasteiger partial charge on any atom is 0.573 e. The Hall–Kier alpha value is -1.04. The number of hydrogen-bond acceptors (Lipinski definition) is 2. The van der Waals surface area contributed by atoms with E-state index in [0.29, 0.717) is 4.43 Å². The van der Waals surface area contributed by atoms with Gasteiger partial charge in [-0.2, -0.15) is 0 Å². The number of hydrogen-bond donors (Lipinski definition) is 0. The lowest BCUT2D eigenvalue weighted by molar-refractivity contribution is -0.274. The maximum absolute atomic E-state index is 12.3. The summed E-state index contributed by atoms with van der Waals surface area (Å²) in [4.78, 5) is 4.61. The van der Waals surface area contributed by atoms with Gasteiger partial charge in [0.25, 0.3) is 0 Å². The molecule has 3 aromatic rings. The van der Waals surface area contributed by atoms with Crippen LogP contribution < -0.4 is 4.74 Å². The first-order chi connectivity index (χ1) is 11.4. The number of aromatic nitrogens is 2. The molecule has 0 aliphatic rings. The fourth-order valence-corrected chi connectivity index (χ4v) is 3.41. The summed E-state index contributed by atoms with van der Waals surface area (Å²) in [6, 6.07) is 11.9. The highest BCUT2D eigenvalue weighted by molar-refractivity contribution is 14.1. The minimum Gasteiger partial charge on any atom is -0.406 e. The van der Waals surface area contributed by atoms with E-state index in [9.17, 15) is 13.2 Å². The molecule has 24 heavy (non-hydrogen) atoms. The van der Waals surface area contributed by atoms with E-state index in [1.165, 1.54) is 17.7 Å². The molecule has 0 saturated carbocycles. The zero-order valence-corrected chi connectivity index (χ0v) is 16.5. The van der Waals surface area contributed by atoms with E-state index in [1.807, 2.05) is 16.7 Å². The molecule has 8 heteroatoms. The standard InChI is InChI=1S/C16H11F3I2N2O/c17-16(18,19)24-12-4-2-11(3-5-12)23-14-7-10(8-20)1-6-13(14)22-15(23)9-21/h1-7H,8-9H2. The topological polar surface area (TPSA) is 27.1 Å². The lowest BCUT2D eigenvalue weighted by Gasteiger charge is -2.11. The third-order valence-corrected chi connectivity index (χ3v) is 4.95. The van der Waals surface area contributed by atoms with Gasteiger partial charge in [-0.25, -0.2) is 4.98 Å². The number of benzene rings is 2. The van der Waals surface area contributed by atoms with Crippen LogP contribution in [0.4, 0.5) is 13.2 Å². The van der Waals surface area contributed by atoms with Crippen LogP contribution in [0, 0.1) is 0 Å². The van der Waals surface area contributed by atoms with Gasteiger partial charge in [0, 0.05) is 10.1 Å². The van der Waals surface area contributed by atoms with Gasteiger partial charge in [-0.15, -0.1) is 13.2 Å². The van der Waals surface area contributed by atoms with E-state index >= 15 is 0 Å².